The highest BCUT2D eigenvalue weighted by Crippen LogP contribution is 2.34. The Morgan fingerprint density at radius 2 is 0.771 bits per heavy atom. The molecule has 83 heavy (non-hydrogen) atoms. The van der Waals surface area contributed by atoms with Crippen molar-refractivity contribution in [3.8, 4) is 0 Å². The zero-order valence-electron chi connectivity index (χ0n) is 44.8. The van der Waals surface area contributed by atoms with Crippen LogP contribution >= 0.6 is 0 Å². The highest BCUT2D eigenvalue weighted by molar-refractivity contribution is 5.83. The third-order valence-corrected chi connectivity index (χ3v) is 12.9. The van der Waals surface area contributed by atoms with E-state index in [9.17, 15) is 80.1 Å². The summed E-state index contributed by atoms with van der Waals surface area (Å²) in [4.78, 5) is 85.9. The van der Waals surface area contributed by atoms with Gasteiger partial charge in [-0.2, -0.15) is 0 Å². The van der Waals surface area contributed by atoms with E-state index in [0.29, 0.717) is 0 Å². The smallest absolute Gasteiger partial charge is 0.249 e. The zero-order chi connectivity index (χ0) is 62.4. The summed E-state index contributed by atoms with van der Waals surface area (Å²) in [5.41, 5.74) is 53.6. The average molecular weight is 1200 g/mol. The number of ether oxygens (including phenoxy) is 4. The van der Waals surface area contributed by atoms with Crippen molar-refractivity contribution in [2.24, 2.45) is 82.3 Å². The standard InChI is InChI=1S/C43H82N20O20/c44-39(45)54-6-1-16(65)32(75)59-12-21-26(71)27(72)24(63-36(79)20(69)5-10-58-43(52)53)37(80-21)82-30-14(60-33(76)17(66)2-7-55-40(46)47)11-15(61-34(77)18(67)3-8-56-41(48)49)31(29(30)74)83-38-28(73)23(25(70)22(13-64)81-38)62-35(78)19(68)4-9-57-42(50)51/h14-31,37-38,64-74H,1-13H2,(H,59,75)(H,60,76)(H,61,77)(H,62,78)(H,63,79)(H4,44,45,54)(H4,46,47,55)(H4,48,49,56)(H4,50,51,57)(H4,52,53,58)/t14-,15+,16-,17-,18-,19-,20-,21+,22+,23-,24+,25+,26+,27+,28+,29-,30+,31-,37+,38+/m0/s1. The van der Waals surface area contributed by atoms with E-state index in [1.54, 1.807) is 0 Å². The van der Waals surface area contributed by atoms with Crippen molar-refractivity contribution in [3.05, 3.63) is 0 Å². The molecule has 40 nitrogen and oxygen atoms in total. The van der Waals surface area contributed by atoms with Crippen molar-refractivity contribution in [2.75, 3.05) is 45.9 Å². The van der Waals surface area contributed by atoms with Gasteiger partial charge in [-0.25, -0.2) is 0 Å². The summed E-state index contributed by atoms with van der Waals surface area (Å²) >= 11 is 0. The van der Waals surface area contributed by atoms with Crippen LogP contribution in [0, 0.1) is 0 Å². The van der Waals surface area contributed by atoms with Crippen molar-refractivity contribution < 1.29 is 99.1 Å². The molecular formula is C43H82N20O20. The number of aliphatic hydroxyl groups excluding tert-OH is 11. The Morgan fingerprint density at radius 3 is 1.14 bits per heavy atom. The lowest BCUT2D eigenvalue weighted by Gasteiger charge is -2.50. The molecule has 20 atom stereocenters. The molecule has 3 fully saturated rings. The molecule has 40 heteroatoms. The third-order valence-electron chi connectivity index (χ3n) is 12.9. The van der Waals surface area contributed by atoms with Crippen LogP contribution in [0.1, 0.15) is 38.5 Å². The van der Waals surface area contributed by atoms with E-state index in [4.69, 9.17) is 76.3 Å². The fourth-order valence-corrected chi connectivity index (χ4v) is 8.52. The number of carbonyl (C=O) groups is 5. The van der Waals surface area contributed by atoms with Crippen LogP contribution in [0.4, 0.5) is 0 Å². The van der Waals surface area contributed by atoms with Crippen molar-refractivity contribution in [1.82, 2.24) is 26.6 Å². The van der Waals surface area contributed by atoms with Crippen molar-refractivity contribution in [3.63, 3.8) is 0 Å². The second kappa shape index (κ2) is 34.0. The molecule has 0 unspecified atom stereocenters. The number of amides is 5. The summed E-state index contributed by atoms with van der Waals surface area (Å²) in [6, 6.07) is -7.27. The minimum atomic E-state index is -2.36. The van der Waals surface area contributed by atoms with Gasteiger partial charge in [-0.3, -0.25) is 48.9 Å². The van der Waals surface area contributed by atoms with Gasteiger partial charge in [0, 0.05) is 71.4 Å². The highest BCUT2D eigenvalue weighted by Gasteiger charge is 2.55. The van der Waals surface area contributed by atoms with Gasteiger partial charge < -0.3 is 159 Å². The Bertz CT molecular complexity index is 2250. The molecule has 3 aliphatic rings. The molecule has 2 heterocycles. The SMILES string of the molecule is NC(N)=NCC[C@H](O)C(=O)NC[C@H]1O[C@H](O[C@H]2[C@H](O)[C@@H](O[C@H]3O[C@H](CO)[C@@H](O)[C@H](NC(=O)[C@@H](O)CCN=C(N)N)[C@H]3O)[C@H](NC(=O)[C@@H](O)CCN=C(N)N)C[C@@H]2NC(=O)[C@@H](O)CCN=C(N)N)[C@H](NC(=O)[C@@H](O)CCN=C(N)N)[C@@H](O)[C@@H]1O. The number of carbonyl (C=O) groups excluding carboxylic acids is 5. The maximum atomic E-state index is 13.8. The first-order valence-electron chi connectivity index (χ1n) is 25.8. The van der Waals surface area contributed by atoms with Gasteiger partial charge in [0.2, 0.25) is 29.5 Å². The van der Waals surface area contributed by atoms with Crippen molar-refractivity contribution >= 4 is 59.3 Å². The Kier molecular flexibility index (Phi) is 28.8. The lowest BCUT2D eigenvalue weighted by Crippen LogP contribution is -2.72. The van der Waals surface area contributed by atoms with E-state index in [1.165, 1.54) is 0 Å². The number of aliphatic hydroxyl groups is 11. The van der Waals surface area contributed by atoms with E-state index in [2.05, 4.69) is 51.5 Å². The van der Waals surface area contributed by atoms with Crippen LogP contribution in [0.3, 0.4) is 0 Å². The second-order valence-corrected chi connectivity index (χ2v) is 19.3. The molecule has 0 bridgehead atoms. The predicted molar refractivity (Wildman–Crippen MR) is 286 cm³/mol. The number of guanidine groups is 5. The van der Waals surface area contributed by atoms with Crippen LogP contribution in [0.5, 0.6) is 0 Å². The average Bonchev–Trinajstić information content (AvgIpc) is 3.54. The van der Waals surface area contributed by atoms with Gasteiger partial charge in [0.15, 0.2) is 42.4 Å². The lowest BCUT2D eigenvalue weighted by molar-refractivity contribution is -0.323. The number of hydrogen-bond donors (Lipinski definition) is 26. The molecule has 0 aromatic heterocycles. The summed E-state index contributed by atoms with van der Waals surface area (Å²) in [6.07, 6.45) is -34.7. The molecule has 36 N–H and O–H groups in total. The number of hydrogen-bond acceptors (Lipinski definition) is 25. The normalized spacial score (nSPS) is 29.6. The van der Waals surface area contributed by atoms with Crippen LogP contribution < -0.4 is 83.9 Å². The number of nitrogens with two attached hydrogens (primary N) is 10. The van der Waals surface area contributed by atoms with Gasteiger partial charge in [0.25, 0.3) is 0 Å². The number of aliphatic imine (C=N–C) groups is 5. The fourth-order valence-electron chi connectivity index (χ4n) is 8.52. The largest absolute Gasteiger partial charge is 0.394 e. The van der Waals surface area contributed by atoms with Crippen molar-refractivity contribution in [1.29, 1.82) is 0 Å². The molecule has 5 amide bonds. The van der Waals surface area contributed by atoms with Gasteiger partial charge in [-0.15, -0.1) is 0 Å². The molecule has 1 saturated carbocycles. The van der Waals surface area contributed by atoms with E-state index in [-0.39, 0.29) is 57.5 Å². The molecule has 474 valence electrons. The maximum absolute atomic E-state index is 13.8. The lowest BCUT2D eigenvalue weighted by atomic mass is 9.82. The van der Waals surface area contributed by atoms with Gasteiger partial charge in [0.05, 0.1) is 24.7 Å². The molecule has 3 rings (SSSR count). The van der Waals surface area contributed by atoms with E-state index in [1.807, 2.05) is 0 Å². The molecule has 2 aliphatic heterocycles. The minimum absolute atomic E-state index is 0.197. The first-order chi connectivity index (χ1) is 39.0. The predicted octanol–water partition coefficient (Wildman–Crippen LogP) is -16.4. The van der Waals surface area contributed by atoms with E-state index >= 15 is 0 Å². The van der Waals surface area contributed by atoms with Gasteiger partial charge >= 0.3 is 0 Å². The number of rotatable bonds is 31. The monoisotopic (exact) mass is 1200 g/mol. The van der Waals surface area contributed by atoms with Crippen LogP contribution in [0.25, 0.3) is 0 Å². The first kappa shape index (κ1) is 70.4. The van der Waals surface area contributed by atoms with Crippen LogP contribution in [0.15, 0.2) is 25.0 Å². The molecule has 0 spiro atoms. The van der Waals surface area contributed by atoms with Crippen LogP contribution in [-0.2, 0) is 42.9 Å². The topological polar surface area (TPSA) is 727 Å². The molecule has 0 aromatic rings. The van der Waals surface area contributed by atoms with Crippen LogP contribution in [-0.4, -0.2) is 284 Å². The summed E-state index contributed by atoms with van der Waals surface area (Å²) in [6.45, 7) is -3.11. The molecule has 1 aliphatic carbocycles. The first-order valence-corrected chi connectivity index (χ1v) is 25.8. The summed E-state index contributed by atoms with van der Waals surface area (Å²) in [5, 5.41) is 135. The number of nitrogens with one attached hydrogen (secondary N) is 5. The quantitative estimate of drug-likeness (QED) is 0.0226. The Balaban J connectivity index is 2.23. The summed E-state index contributed by atoms with van der Waals surface area (Å²) in [5.74, 6) is -7.80. The van der Waals surface area contributed by atoms with E-state index < -0.39 is 208 Å². The Hall–Kier alpha value is -6.90. The third kappa shape index (κ3) is 22.3. The fraction of sp³-hybridized carbons (Fsp3) is 0.767. The van der Waals surface area contributed by atoms with Gasteiger partial charge in [-0.1, -0.05) is 0 Å². The zero-order valence-corrected chi connectivity index (χ0v) is 44.8. The Morgan fingerprint density at radius 1 is 0.434 bits per heavy atom. The summed E-state index contributed by atoms with van der Waals surface area (Å²) < 4.78 is 24.3. The summed E-state index contributed by atoms with van der Waals surface area (Å²) in [7, 11) is 0. The second-order valence-electron chi connectivity index (χ2n) is 19.3. The highest BCUT2D eigenvalue weighted by atomic mass is 16.7. The van der Waals surface area contributed by atoms with Crippen molar-refractivity contribution in [2.45, 2.75) is 161 Å². The van der Waals surface area contributed by atoms with Gasteiger partial charge in [0.1, 0.15) is 91.5 Å². The molecule has 0 radical (unpaired) electrons. The van der Waals surface area contributed by atoms with Gasteiger partial charge in [-0.05, 0) is 6.42 Å². The molecule has 0 aromatic carbocycles. The molecule has 2 saturated heterocycles. The number of nitrogens with zero attached hydrogens (tertiary/aromatic N) is 5. The Labute approximate surface area is 473 Å². The molecular weight excluding hydrogens is 1120 g/mol. The van der Waals surface area contributed by atoms with E-state index in [0.717, 1.165) is 0 Å². The maximum Gasteiger partial charge on any atom is 0.249 e. The minimum Gasteiger partial charge on any atom is -0.394 e. The van der Waals surface area contributed by atoms with Crippen LogP contribution in [0.2, 0.25) is 0 Å².